The summed E-state index contributed by atoms with van der Waals surface area (Å²) in [5.74, 6) is 1.31. The van der Waals surface area contributed by atoms with Gasteiger partial charge in [-0.2, -0.15) is 0 Å². The lowest BCUT2D eigenvalue weighted by atomic mass is 9.97. The van der Waals surface area contributed by atoms with Gasteiger partial charge in [-0.3, -0.25) is 4.99 Å². The van der Waals surface area contributed by atoms with Crippen molar-refractivity contribution in [2.24, 2.45) is 9.98 Å². The van der Waals surface area contributed by atoms with Crippen LogP contribution < -0.4 is 5.32 Å². The normalized spacial score (nSPS) is 12.8. The first-order valence-electron chi connectivity index (χ1n) is 19.8. The van der Waals surface area contributed by atoms with Crippen LogP contribution in [0.1, 0.15) is 11.1 Å². The van der Waals surface area contributed by atoms with Crippen molar-refractivity contribution in [3.63, 3.8) is 0 Å². The monoisotopic (exact) mass is 760 g/mol. The third-order valence-electron chi connectivity index (χ3n) is 11.1. The molecule has 0 atom stereocenters. The van der Waals surface area contributed by atoms with E-state index in [1.165, 1.54) is 32.3 Å². The van der Waals surface area contributed by atoms with E-state index in [0.717, 1.165) is 66.1 Å². The summed E-state index contributed by atoms with van der Waals surface area (Å²) in [6, 6.07) is 53.8. The number of nitrogens with one attached hydrogen (secondary N) is 1. The van der Waals surface area contributed by atoms with Gasteiger partial charge in [0.15, 0.2) is 5.84 Å². The van der Waals surface area contributed by atoms with E-state index in [0.29, 0.717) is 18.2 Å². The number of benzene rings is 8. The van der Waals surface area contributed by atoms with Gasteiger partial charge < -0.3 is 14.3 Å². The number of fused-ring (bicyclic) bond motifs is 9. The van der Waals surface area contributed by atoms with Crippen LogP contribution >= 0.6 is 0 Å². The van der Waals surface area contributed by atoms with Gasteiger partial charge in [0, 0.05) is 45.4 Å². The number of furan rings is 1. The Morgan fingerprint density at radius 3 is 1.93 bits per heavy atom. The maximum Gasteiger partial charge on any atom is 0.158 e. The Balaban J connectivity index is 1.26. The topological polar surface area (TPSA) is 54.8 Å². The second-order valence-electron chi connectivity index (χ2n) is 14.7. The van der Waals surface area contributed by atoms with Crippen molar-refractivity contribution >= 4 is 87.7 Å². The fourth-order valence-corrected chi connectivity index (χ4v) is 8.36. The number of rotatable bonds is 8. The smallest absolute Gasteiger partial charge is 0.158 e. The molecule has 0 saturated heterocycles. The molecule has 5 nitrogen and oxygen atoms in total. The molecule has 0 saturated carbocycles. The molecular formula is C54H40N4O. The molecule has 0 unspecified atom stereocenters. The Hall–Kier alpha value is -7.76. The van der Waals surface area contributed by atoms with E-state index < -0.39 is 0 Å². The average molecular weight is 761 g/mol. The minimum absolute atomic E-state index is 0.389. The highest BCUT2D eigenvalue weighted by atomic mass is 16.3. The average Bonchev–Trinajstić information content (AvgIpc) is 3.79. The lowest BCUT2D eigenvalue weighted by Gasteiger charge is -2.12. The summed E-state index contributed by atoms with van der Waals surface area (Å²) in [5, 5.41) is 14.7. The van der Waals surface area contributed by atoms with Crippen LogP contribution in [0, 0.1) is 0 Å². The second-order valence-corrected chi connectivity index (χ2v) is 14.7. The van der Waals surface area contributed by atoms with Crippen LogP contribution in [0.25, 0.3) is 81.7 Å². The van der Waals surface area contributed by atoms with Crippen LogP contribution in [0.5, 0.6) is 0 Å². The molecule has 2 heterocycles. The zero-order valence-electron chi connectivity index (χ0n) is 32.7. The van der Waals surface area contributed by atoms with Crippen LogP contribution in [-0.4, -0.2) is 29.8 Å². The van der Waals surface area contributed by atoms with Gasteiger partial charge in [0.2, 0.25) is 0 Å². The fourth-order valence-electron chi connectivity index (χ4n) is 8.36. The van der Waals surface area contributed by atoms with E-state index in [4.69, 9.17) is 14.4 Å². The molecule has 1 N–H and O–H groups in total. The number of hydrogen-bond acceptors (Lipinski definition) is 2. The van der Waals surface area contributed by atoms with Crippen molar-refractivity contribution in [1.82, 2.24) is 9.88 Å². The molecule has 0 aliphatic carbocycles. The van der Waals surface area contributed by atoms with Crippen LogP contribution in [-0.2, 0) is 0 Å². The molecule has 0 aliphatic rings. The van der Waals surface area contributed by atoms with Gasteiger partial charge in [0.1, 0.15) is 17.0 Å². The van der Waals surface area contributed by atoms with Crippen LogP contribution in [0.2, 0.25) is 0 Å². The van der Waals surface area contributed by atoms with Crippen molar-refractivity contribution in [2.75, 3.05) is 13.6 Å². The Labute approximate surface area is 341 Å². The van der Waals surface area contributed by atoms with Crippen molar-refractivity contribution in [2.45, 2.75) is 0 Å². The molecule has 8 aromatic carbocycles. The van der Waals surface area contributed by atoms with Crippen LogP contribution in [0.4, 0.5) is 0 Å². The second kappa shape index (κ2) is 15.0. The van der Waals surface area contributed by atoms with Crippen molar-refractivity contribution in [3.05, 3.63) is 212 Å². The zero-order chi connectivity index (χ0) is 39.9. The predicted octanol–water partition coefficient (Wildman–Crippen LogP) is 13.4. The lowest BCUT2D eigenvalue weighted by Crippen LogP contribution is -2.21. The summed E-state index contributed by atoms with van der Waals surface area (Å²) in [5.41, 5.74) is 7.64. The minimum Gasteiger partial charge on any atom is -0.456 e. The summed E-state index contributed by atoms with van der Waals surface area (Å²) in [7, 11) is 1.90. The number of nitrogens with zero attached hydrogens (tertiary/aromatic N) is 3. The van der Waals surface area contributed by atoms with Crippen molar-refractivity contribution in [1.29, 1.82) is 0 Å². The van der Waals surface area contributed by atoms with Crippen LogP contribution in [0.15, 0.2) is 215 Å². The molecule has 0 fully saturated rings. The first-order valence-corrected chi connectivity index (χ1v) is 19.8. The molecule has 0 amide bonds. The van der Waals surface area contributed by atoms with E-state index >= 15 is 0 Å². The van der Waals surface area contributed by atoms with Gasteiger partial charge in [0.25, 0.3) is 0 Å². The van der Waals surface area contributed by atoms with E-state index in [1.807, 2.05) is 49.6 Å². The highest BCUT2D eigenvalue weighted by Gasteiger charge is 2.22. The molecule has 0 radical (unpaired) electrons. The third-order valence-corrected chi connectivity index (χ3v) is 11.1. The van der Waals surface area contributed by atoms with Crippen molar-refractivity contribution in [3.8, 4) is 5.69 Å². The minimum atomic E-state index is 0.389. The van der Waals surface area contributed by atoms with Gasteiger partial charge in [-0.05, 0) is 86.4 Å². The van der Waals surface area contributed by atoms with Gasteiger partial charge in [0.05, 0.1) is 17.6 Å². The summed E-state index contributed by atoms with van der Waals surface area (Å²) < 4.78 is 9.16. The number of hydrogen-bond donors (Lipinski definition) is 1. The Morgan fingerprint density at radius 1 is 0.644 bits per heavy atom. The van der Waals surface area contributed by atoms with E-state index in [2.05, 4.69) is 157 Å². The summed E-state index contributed by atoms with van der Waals surface area (Å²) in [6.07, 6.45) is 9.52. The Bertz CT molecular complexity index is 3340. The first-order chi connectivity index (χ1) is 29.1. The molecule has 59 heavy (non-hydrogen) atoms. The molecule has 0 aliphatic heterocycles. The van der Waals surface area contributed by atoms with E-state index in [9.17, 15) is 0 Å². The third kappa shape index (κ3) is 6.39. The zero-order valence-corrected chi connectivity index (χ0v) is 32.7. The predicted molar refractivity (Wildman–Crippen MR) is 252 cm³/mol. The number of allylic oxidation sites excluding steroid dienone is 5. The number of aromatic nitrogens is 1. The SMILES string of the molecule is C=C/C=C\C(=C)/C=C\CN=C(N=C(NC)c1ccccc1)c1c2ccccc2cc2oc3ccc(-n4c5cc6ccccc6cc5c5cc6ccccc6cc54)cc3c12. The molecule has 2 aromatic heterocycles. The van der Waals surface area contributed by atoms with Gasteiger partial charge >= 0.3 is 0 Å². The van der Waals surface area contributed by atoms with Gasteiger partial charge in [-0.25, -0.2) is 4.99 Å². The molecule has 282 valence electrons. The fraction of sp³-hybridized carbons (Fsp3) is 0.0370. The standard InChI is InChI=1S/C54H40N4O/c1-4-5-16-35(2)17-15-28-56-54(57-53(55-3)36-18-7-6-8-19-36)52-43-25-14-13-24-41(43)33-50-51(52)46-34-42(26-27-49(46)59-50)58-47-31-39-22-11-9-20-37(39)29-44(47)45-30-38-21-10-12-23-40(38)32-48(45)58/h4-27,29-34H,1-2,28H2,3H3,(H,55,56,57)/b16-5-,17-15-. The quantitative estimate of drug-likeness (QED) is 0.0952. The molecule has 5 heteroatoms. The molecule has 0 bridgehead atoms. The molecule has 0 spiro atoms. The first kappa shape index (κ1) is 35.6. The van der Waals surface area contributed by atoms with Crippen molar-refractivity contribution < 1.29 is 4.42 Å². The number of amidine groups is 2. The summed E-state index contributed by atoms with van der Waals surface area (Å²) in [4.78, 5) is 10.6. The molecular weight excluding hydrogens is 721 g/mol. The highest BCUT2D eigenvalue weighted by molar-refractivity contribution is 6.28. The lowest BCUT2D eigenvalue weighted by molar-refractivity contribution is 0.669. The van der Waals surface area contributed by atoms with Gasteiger partial charge in [-0.15, -0.1) is 0 Å². The Morgan fingerprint density at radius 2 is 1.27 bits per heavy atom. The molecule has 10 aromatic rings. The maximum absolute atomic E-state index is 6.75. The largest absolute Gasteiger partial charge is 0.456 e. The van der Waals surface area contributed by atoms with E-state index in [-0.39, 0.29) is 0 Å². The number of aliphatic imine (C=N–C) groups is 2. The molecule has 10 rings (SSSR count). The summed E-state index contributed by atoms with van der Waals surface area (Å²) >= 11 is 0. The Kier molecular flexibility index (Phi) is 9.04. The maximum atomic E-state index is 6.75. The highest BCUT2D eigenvalue weighted by Crippen LogP contribution is 2.41. The van der Waals surface area contributed by atoms with E-state index in [1.54, 1.807) is 6.08 Å². The van der Waals surface area contributed by atoms with Crippen LogP contribution in [0.3, 0.4) is 0 Å². The summed E-state index contributed by atoms with van der Waals surface area (Å²) in [6.45, 7) is 8.32. The van der Waals surface area contributed by atoms with Gasteiger partial charge in [-0.1, -0.05) is 147 Å².